The Labute approximate surface area is 164 Å². The number of rotatable bonds is 7. The molecule has 1 saturated heterocycles. The molecule has 0 radical (unpaired) electrons. The summed E-state index contributed by atoms with van der Waals surface area (Å²) < 4.78 is 5.24. The maximum absolute atomic E-state index is 12.1. The fourth-order valence-electron chi connectivity index (χ4n) is 3.79. The fourth-order valence-corrected chi connectivity index (χ4v) is 3.79. The van der Waals surface area contributed by atoms with Gasteiger partial charge >= 0.3 is 18.0 Å². The predicted molar refractivity (Wildman–Crippen MR) is 103 cm³/mol. The van der Waals surface area contributed by atoms with Crippen molar-refractivity contribution in [3.8, 4) is 5.75 Å². The zero-order valence-corrected chi connectivity index (χ0v) is 16.3. The van der Waals surface area contributed by atoms with Crippen LogP contribution in [0.3, 0.4) is 0 Å². The number of carboxylic acids is 2. The zero-order valence-electron chi connectivity index (χ0n) is 16.3. The van der Waals surface area contributed by atoms with E-state index in [4.69, 9.17) is 14.9 Å². The van der Waals surface area contributed by atoms with Crippen LogP contribution in [0.25, 0.3) is 0 Å². The normalized spacial score (nSPS) is 21.4. The number of hydrogen-bond acceptors (Lipinski definition) is 5. The van der Waals surface area contributed by atoms with E-state index in [1.807, 2.05) is 18.2 Å². The van der Waals surface area contributed by atoms with Crippen LogP contribution in [0.5, 0.6) is 5.75 Å². The first-order valence-electron chi connectivity index (χ1n) is 9.48. The Morgan fingerprint density at radius 2 is 2.04 bits per heavy atom. The van der Waals surface area contributed by atoms with Crippen molar-refractivity contribution < 1.29 is 29.3 Å². The van der Waals surface area contributed by atoms with Crippen LogP contribution in [0.2, 0.25) is 0 Å². The highest BCUT2D eigenvalue weighted by atomic mass is 16.6. The van der Waals surface area contributed by atoms with Crippen LogP contribution < -0.4 is 10.1 Å². The molecule has 1 unspecified atom stereocenters. The molecule has 154 valence electrons. The largest absolute Gasteiger partial charge is 0.481 e. The van der Waals surface area contributed by atoms with Crippen molar-refractivity contribution in [2.45, 2.75) is 50.5 Å². The summed E-state index contributed by atoms with van der Waals surface area (Å²) in [5, 5.41) is 19.9. The Bertz CT molecular complexity index is 722. The first-order valence-corrected chi connectivity index (χ1v) is 9.48. The smallest absolute Gasteiger partial charge is 0.413 e. The second kappa shape index (κ2) is 9.54. The van der Waals surface area contributed by atoms with Crippen LogP contribution in [-0.2, 0) is 15.0 Å². The van der Waals surface area contributed by atoms with Gasteiger partial charge in [-0.2, -0.15) is 0 Å². The van der Waals surface area contributed by atoms with Crippen molar-refractivity contribution in [3.63, 3.8) is 0 Å². The van der Waals surface area contributed by atoms with E-state index in [-0.39, 0.29) is 5.41 Å². The van der Waals surface area contributed by atoms with Gasteiger partial charge in [0.1, 0.15) is 11.8 Å². The van der Waals surface area contributed by atoms with Gasteiger partial charge in [-0.15, -0.1) is 0 Å². The first kappa shape index (κ1) is 21.7. The van der Waals surface area contributed by atoms with Gasteiger partial charge in [0.25, 0.3) is 0 Å². The predicted octanol–water partition coefficient (Wildman–Crippen LogP) is 2.47. The lowest BCUT2D eigenvalue weighted by molar-refractivity contribution is -0.145. The fraction of sp³-hybridized carbons (Fsp3) is 0.550. The van der Waals surface area contributed by atoms with Crippen molar-refractivity contribution in [1.29, 1.82) is 0 Å². The number of carbonyl (C=O) groups is 3. The number of ether oxygens (including phenoxy) is 1. The van der Waals surface area contributed by atoms with Gasteiger partial charge in [0.2, 0.25) is 0 Å². The lowest BCUT2D eigenvalue weighted by Gasteiger charge is -2.35. The van der Waals surface area contributed by atoms with Crippen LogP contribution >= 0.6 is 0 Å². The van der Waals surface area contributed by atoms with Crippen molar-refractivity contribution in [2.24, 2.45) is 0 Å². The molecule has 1 heterocycles. The number of benzene rings is 1. The van der Waals surface area contributed by atoms with Gasteiger partial charge in [-0.25, -0.2) is 9.59 Å². The first-order chi connectivity index (χ1) is 13.3. The molecule has 1 aromatic carbocycles. The molecule has 2 atom stereocenters. The average Bonchev–Trinajstić information content (AvgIpc) is 2.83. The Kier molecular flexibility index (Phi) is 7.39. The molecule has 8 heteroatoms. The van der Waals surface area contributed by atoms with Crippen molar-refractivity contribution in [1.82, 2.24) is 10.2 Å². The minimum atomic E-state index is -1.55. The molecule has 0 aliphatic carbocycles. The maximum atomic E-state index is 12.1. The second-order valence-electron chi connectivity index (χ2n) is 7.38. The van der Waals surface area contributed by atoms with Crippen LogP contribution in [0.1, 0.15) is 44.6 Å². The molecule has 0 bridgehead atoms. The van der Waals surface area contributed by atoms with E-state index in [0.29, 0.717) is 5.75 Å². The minimum Gasteiger partial charge on any atom is -0.481 e. The third-order valence-electron chi connectivity index (χ3n) is 5.32. The summed E-state index contributed by atoms with van der Waals surface area (Å²) in [4.78, 5) is 36.2. The number of carbonyl (C=O) groups excluding carboxylic acids is 1. The highest BCUT2D eigenvalue weighted by Crippen LogP contribution is 2.37. The second-order valence-corrected chi connectivity index (χ2v) is 7.38. The molecule has 1 aromatic rings. The average molecular weight is 392 g/mol. The number of amides is 1. The topological polar surface area (TPSA) is 116 Å². The van der Waals surface area contributed by atoms with E-state index < -0.39 is 30.5 Å². The van der Waals surface area contributed by atoms with Gasteiger partial charge in [-0.05, 0) is 50.6 Å². The summed E-state index contributed by atoms with van der Waals surface area (Å²) in [6, 6.07) is 5.73. The quantitative estimate of drug-likeness (QED) is 0.653. The van der Waals surface area contributed by atoms with E-state index in [0.717, 1.165) is 44.3 Å². The molecule has 8 nitrogen and oxygen atoms in total. The summed E-state index contributed by atoms with van der Waals surface area (Å²) in [5.74, 6) is -2.45. The molecule has 0 saturated carbocycles. The summed E-state index contributed by atoms with van der Waals surface area (Å²) >= 11 is 0. The third-order valence-corrected chi connectivity index (χ3v) is 5.32. The van der Waals surface area contributed by atoms with Crippen molar-refractivity contribution in [3.05, 3.63) is 29.8 Å². The zero-order chi connectivity index (χ0) is 20.7. The van der Waals surface area contributed by atoms with Crippen LogP contribution in [0, 0.1) is 0 Å². The van der Waals surface area contributed by atoms with Gasteiger partial charge < -0.3 is 25.2 Å². The van der Waals surface area contributed by atoms with Crippen LogP contribution in [0.4, 0.5) is 4.79 Å². The molecule has 28 heavy (non-hydrogen) atoms. The van der Waals surface area contributed by atoms with Gasteiger partial charge in [0.05, 0.1) is 6.42 Å². The third kappa shape index (κ3) is 5.69. The van der Waals surface area contributed by atoms with Crippen molar-refractivity contribution in [2.75, 3.05) is 20.1 Å². The molecule has 1 fully saturated rings. The molecule has 1 aliphatic heterocycles. The van der Waals surface area contributed by atoms with Crippen LogP contribution in [-0.4, -0.2) is 59.3 Å². The molecule has 0 spiro atoms. The SMILES string of the molecule is CCC1(c2cccc(OC(=O)N[C@H](CC(=O)O)C(=O)O)c2)CCCCN(C)C1. The van der Waals surface area contributed by atoms with E-state index >= 15 is 0 Å². The molecular formula is C20H28N2O6. The van der Waals surface area contributed by atoms with E-state index in [2.05, 4.69) is 24.2 Å². The Balaban J connectivity index is 2.14. The molecule has 3 N–H and O–H groups in total. The number of aliphatic carboxylic acids is 2. The molecule has 2 rings (SSSR count). The lowest BCUT2D eigenvalue weighted by Crippen LogP contribution is -2.43. The van der Waals surface area contributed by atoms with Gasteiger partial charge in [0, 0.05) is 12.0 Å². The summed E-state index contributed by atoms with van der Waals surface area (Å²) in [7, 11) is 2.11. The minimum absolute atomic E-state index is 0.0337. The van der Waals surface area contributed by atoms with E-state index in [9.17, 15) is 14.4 Å². The summed E-state index contributed by atoms with van der Waals surface area (Å²) in [5.41, 5.74) is 1.04. The van der Waals surface area contributed by atoms with Gasteiger partial charge in [-0.1, -0.05) is 25.5 Å². The molecule has 0 aromatic heterocycles. The number of nitrogens with zero attached hydrogens (tertiary/aromatic N) is 1. The number of likely N-dealkylation sites (tertiary alicyclic amines) is 1. The Morgan fingerprint density at radius 1 is 1.29 bits per heavy atom. The summed E-state index contributed by atoms with van der Waals surface area (Å²) in [6.45, 7) is 4.13. The highest BCUT2D eigenvalue weighted by molar-refractivity contribution is 5.85. The Hall–Kier alpha value is -2.61. The molecule has 1 aliphatic rings. The standard InChI is InChI=1S/C20H28N2O6/c1-3-20(9-4-5-10-22(2)13-20)14-7-6-8-15(11-14)28-19(27)21-16(18(25)26)12-17(23)24/h6-8,11,16H,3-5,9-10,12-13H2,1-2H3,(H,21,27)(H,23,24)(H,25,26)/t16-,20?/m1/s1. The number of nitrogens with one attached hydrogen (secondary N) is 1. The van der Waals surface area contributed by atoms with E-state index in [1.54, 1.807) is 6.07 Å². The van der Waals surface area contributed by atoms with Gasteiger partial charge in [-0.3, -0.25) is 4.79 Å². The highest BCUT2D eigenvalue weighted by Gasteiger charge is 2.33. The Morgan fingerprint density at radius 3 is 2.68 bits per heavy atom. The van der Waals surface area contributed by atoms with Crippen molar-refractivity contribution >= 4 is 18.0 Å². The van der Waals surface area contributed by atoms with E-state index in [1.165, 1.54) is 0 Å². The number of hydrogen-bond donors (Lipinski definition) is 3. The van der Waals surface area contributed by atoms with Crippen LogP contribution in [0.15, 0.2) is 24.3 Å². The van der Waals surface area contributed by atoms with Gasteiger partial charge in [0.15, 0.2) is 0 Å². The lowest BCUT2D eigenvalue weighted by atomic mass is 9.74. The summed E-state index contributed by atoms with van der Waals surface area (Å²) in [6.07, 6.45) is 2.55. The monoisotopic (exact) mass is 392 g/mol. The molecule has 1 amide bonds. The maximum Gasteiger partial charge on any atom is 0.413 e. The number of likely N-dealkylation sites (N-methyl/N-ethyl adjacent to an activating group) is 1. The molecular weight excluding hydrogens is 364 g/mol. The number of carboxylic acid groups (broad SMARTS) is 2.